The predicted molar refractivity (Wildman–Crippen MR) is 115 cm³/mol. The molecule has 2 N–H and O–H groups in total. The molecule has 4 rings (SSSR count). The van der Waals surface area contributed by atoms with Crippen LogP contribution in [0.3, 0.4) is 0 Å². The molecule has 30 heavy (non-hydrogen) atoms. The molecular weight excluding hydrogens is 384 g/mol. The van der Waals surface area contributed by atoms with Crippen molar-refractivity contribution in [2.45, 2.75) is 0 Å². The number of anilines is 1. The summed E-state index contributed by atoms with van der Waals surface area (Å²) in [5.74, 6) is 2.05. The van der Waals surface area contributed by atoms with Gasteiger partial charge in [0.2, 0.25) is 11.8 Å². The zero-order valence-corrected chi connectivity index (χ0v) is 17.3. The number of morpholine rings is 1. The second-order valence-corrected chi connectivity index (χ2v) is 6.99. The van der Waals surface area contributed by atoms with Crippen molar-refractivity contribution in [1.29, 1.82) is 0 Å². The highest BCUT2D eigenvalue weighted by Gasteiger charge is 2.13. The summed E-state index contributed by atoms with van der Waals surface area (Å²) in [6, 6.07) is 11.7. The number of methoxy groups -OCH3 is 2. The summed E-state index contributed by atoms with van der Waals surface area (Å²) in [5, 5.41) is 0.818. The molecule has 0 bridgehead atoms. The number of fused-ring (bicyclic) bond motifs is 1. The molecule has 2 heterocycles. The van der Waals surface area contributed by atoms with Crippen molar-refractivity contribution < 1.29 is 18.9 Å². The molecule has 1 aliphatic rings. The van der Waals surface area contributed by atoms with Gasteiger partial charge >= 0.3 is 0 Å². The number of benzene rings is 2. The molecule has 0 radical (unpaired) electrons. The fraction of sp³-hybridized carbons (Fsp3) is 0.364. The van der Waals surface area contributed by atoms with Crippen molar-refractivity contribution in [3.8, 4) is 28.5 Å². The van der Waals surface area contributed by atoms with Gasteiger partial charge in [-0.2, -0.15) is 4.98 Å². The Kier molecular flexibility index (Phi) is 6.15. The van der Waals surface area contributed by atoms with Crippen LogP contribution in [-0.2, 0) is 4.74 Å². The zero-order chi connectivity index (χ0) is 20.9. The van der Waals surface area contributed by atoms with Gasteiger partial charge in [-0.05, 0) is 35.4 Å². The van der Waals surface area contributed by atoms with Crippen LogP contribution in [0.5, 0.6) is 17.4 Å². The number of hydrogen-bond donors (Lipinski definition) is 1. The minimum atomic E-state index is 0.197. The molecule has 0 spiro atoms. The highest BCUT2D eigenvalue weighted by atomic mass is 16.5. The molecule has 8 heteroatoms. The van der Waals surface area contributed by atoms with Crippen LogP contribution in [0.25, 0.3) is 22.0 Å². The lowest BCUT2D eigenvalue weighted by Crippen LogP contribution is -2.38. The van der Waals surface area contributed by atoms with Gasteiger partial charge in [-0.15, -0.1) is 0 Å². The maximum atomic E-state index is 6.02. The van der Waals surface area contributed by atoms with E-state index in [0.29, 0.717) is 24.0 Å². The van der Waals surface area contributed by atoms with Crippen LogP contribution in [-0.4, -0.2) is 68.5 Å². The lowest BCUT2D eigenvalue weighted by atomic mass is 10.0. The average Bonchev–Trinajstić information content (AvgIpc) is 2.79. The molecular formula is C22H26N4O4. The summed E-state index contributed by atoms with van der Waals surface area (Å²) < 4.78 is 22.2. The fourth-order valence-corrected chi connectivity index (χ4v) is 3.52. The molecule has 1 aromatic heterocycles. The van der Waals surface area contributed by atoms with E-state index in [1.807, 2.05) is 36.4 Å². The van der Waals surface area contributed by atoms with Crippen LogP contribution in [0.15, 0.2) is 36.4 Å². The molecule has 158 valence electrons. The Morgan fingerprint density at radius 2 is 1.70 bits per heavy atom. The lowest BCUT2D eigenvalue weighted by molar-refractivity contribution is 0.0321. The van der Waals surface area contributed by atoms with Crippen molar-refractivity contribution in [3.63, 3.8) is 0 Å². The quantitative estimate of drug-likeness (QED) is 0.636. The van der Waals surface area contributed by atoms with E-state index >= 15 is 0 Å². The van der Waals surface area contributed by atoms with E-state index in [-0.39, 0.29) is 5.95 Å². The predicted octanol–water partition coefficient (Wildman–Crippen LogP) is 2.61. The molecule has 1 aliphatic heterocycles. The van der Waals surface area contributed by atoms with Crippen molar-refractivity contribution in [1.82, 2.24) is 14.9 Å². The number of nitrogens with zero attached hydrogens (tertiary/aromatic N) is 3. The summed E-state index contributed by atoms with van der Waals surface area (Å²) >= 11 is 0. The van der Waals surface area contributed by atoms with Crippen molar-refractivity contribution in [3.05, 3.63) is 36.4 Å². The Hall–Kier alpha value is -3.10. The monoisotopic (exact) mass is 410 g/mol. The molecule has 8 nitrogen and oxygen atoms in total. The van der Waals surface area contributed by atoms with E-state index in [2.05, 4.69) is 14.9 Å². The molecule has 3 aromatic rings. The molecule has 1 saturated heterocycles. The first-order chi connectivity index (χ1) is 14.7. The largest absolute Gasteiger partial charge is 0.493 e. The van der Waals surface area contributed by atoms with Crippen LogP contribution >= 0.6 is 0 Å². The van der Waals surface area contributed by atoms with Crippen molar-refractivity contribution in [2.75, 3.05) is 59.4 Å². The minimum absolute atomic E-state index is 0.197. The number of ether oxygens (including phenoxy) is 4. The third kappa shape index (κ3) is 4.39. The van der Waals surface area contributed by atoms with Crippen molar-refractivity contribution in [2.24, 2.45) is 0 Å². The molecule has 2 aromatic carbocycles. The van der Waals surface area contributed by atoms with Crippen LogP contribution in [0, 0.1) is 0 Å². The van der Waals surface area contributed by atoms with Gasteiger partial charge in [0, 0.05) is 19.6 Å². The number of hydrogen-bond acceptors (Lipinski definition) is 8. The van der Waals surface area contributed by atoms with E-state index in [9.17, 15) is 0 Å². The lowest BCUT2D eigenvalue weighted by Gasteiger charge is -2.26. The fourth-order valence-electron chi connectivity index (χ4n) is 3.52. The summed E-state index contributed by atoms with van der Waals surface area (Å²) in [5.41, 5.74) is 8.63. The first-order valence-corrected chi connectivity index (χ1v) is 9.90. The Bertz CT molecular complexity index is 1020. The molecule has 0 saturated carbocycles. The maximum absolute atomic E-state index is 6.02. The van der Waals surface area contributed by atoms with E-state index in [0.717, 1.165) is 54.9 Å². The Balaban J connectivity index is 1.61. The van der Waals surface area contributed by atoms with Crippen LogP contribution in [0.1, 0.15) is 0 Å². The van der Waals surface area contributed by atoms with Crippen LogP contribution < -0.4 is 19.9 Å². The summed E-state index contributed by atoms with van der Waals surface area (Å²) in [6.07, 6.45) is 0. The van der Waals surface area contributed by atoms with Gasteiger partial charge in [-0.25, -0.2) is 4.98 Å². The van der Waals surface area contributed by atoms with E-state index in [1.165, 1.54) is 0 Å². The third-order valence-corrected chi connectivity index (χ3v) is 5.14. The first-order valence-electron chi connectivity index (χ1n) is 9.90. The van der Waals surface area contributed by atoms with Gasteiger partial charge in [0.05, 0.1) is 38.3 Å². The van der Waals surface area contributed by atoms with E-state index in [1.54, 1.807) is 14.2 Å². The molecule has 0 atom stereocenters. The highest BCUT2D eigenvalue weighted by molar-refractivity contribution is 5.89. The Labute approximate surface area is 175 Å². The second kappa shape index (κ2) is 9.15. The Morgan fingerprint density at radius 1 is 0.967 bits per heavy atom. The average molecular weight is 410 g/mol. The van der Waals surface area contributed by atoms with Gasteiger partial charge in [-0.1, -0.05) is 12.1 Å². The number of aromatic nitrogens is 2. The molecule has 1 fully saturated rings. The van der Waals surface area contributed by atoms with Gasteiger partial charge in [0.15, 0.2) is 11.5 Å². The highest BCUT2D eigenvalue weighted by Crippen LogP contribution is 2.34. The summed E-state index contributed by atoms with van der Waals surface area (Å²) in [6.45, 7) is 4.69. The Morgan fingerprint density at radius 3 is 2.47 bits per heavy atom. The van der Waals surface area contributed by atoms with Crippen molar-refractivity contribution >= 4 is 16.9 Å². The summed E-state index contributed by atoms with van der Waals surface area (Å²) in [7, 11) is 3.24. The summed E-state index contributed by atoms with van der Waals surface area (Å²) in [4.78, 5) is 11.0. The van der Waals surface area contributed by atoms with Gasteiger partial charge in [0.25, 0.3) is 0 Å². The zero-order valence-electron chi connectivity index (χ0n) is 17.3. The van der Waals surface area contributed by atoms with Gasteiger partial charge < -0.3 is 24.7 Å². The second-order valence-electron chi connectivity index (χ2n) is 6.99. The molecule has 0 unspecified atom stereocenters. The van der Waals surface area contributed by atoms with E-state index < -0.39 is 0 Å². The smallest absolute Gasteiger partial charge is 0.226 e. The number of nitrogen functional groups attached to an aromatic ring is 1. The van der Waals surface area contributed by atoms with Gasteiger partial charge in [-0.3, -0.25) is 4.90 Å². The van der Waals surface area contributed by atoms with E-state index in [4.69, 9.17) is 24.7 Å². The van der Waals surface area contributed by atoms with Crippen LogP contribution in [0.2, 0.25) is 0 Å². The maximum Gasteiger partial charge on any atom is 0.226 e. The standard InChI is InChI=1S/C22H26N4O4/c1-27-19-6-4-16(14-20(19)28-2)15-3-5-18-17(13-15)21(25-22(23)24-18)30-12-9-26-7-10-29-11-8-26/h3-6,13-14H,7-12H2,1-2H3,(H2,23,24,25). The normalized spacial score (nSPS) is 14.6. The topological polar surface area (TPSA) is 92.0 Å². The van der Waals surface area contributed by atoms with Crippen LogP contribution in [0.4, 0.5) is 5.95 Å². The number of rotatable bonds is 7. The number of nitrogens with two attached hydrogens (primary N) is 1. The molecule has 0 amide bonds. The third-order valence-electron chi connectivity index (χ3n) is 5.14. The van der Waals surface area contributed by atoms with Gasteiger partial charge in [0.1, 0.15) is 6.61 Å². The first kappa shape index (κ1) is 20.2. The SMILES string of the molecule is COc1ccc(-c2ccc3nc(N)nc(OCCN4CCOCC4)c3c2)cc1OC. The molecule has 0 aliphatic carbocycles. The minimum Gasteiger partial charge on any atom is -0.493 e.